The predicted octanol–water partition coefficient (Wildman–Crippen LogP) is 1.36. The molecule has 0 N–H and O–H groups in total. The molecule has 0 unspecified atom stereocenters. The Kier molecular flexibility index (Phi) is 3.93. The average Bonchev–Trinajstić information content (AvgIpc) is 1.41. The Hall–Kier alpha value is -0.0400. The highest BCUT2D eigenvalue weighted by molar-refractivity contribution is 7.95. The Morgan fingerprint density at radius 2 is 1.60 bits per heavy atom. The third-order valence-corrected chi connectivity index (χ3v) is 0.816. The van der Waals surface area contributed by atoms with Crippen LogP contribution >= 0.6 is 10.9 Å². The van der Waals surface area contributed by atoms with Gasteiger partial charge in [-0.05, 0) is 24.6 Å². The minimum absolute atomic E-state index is 1.71. The zero-order valence-electron chi connectivity index (χ0n) is 3.56. The molecule has 0 heterocycles. The smallest absolute Gasteiger partial charge is 0.0352 e. The van der Waals surface area contributed by atoms with Crippen molar-refractivity contribution >= 4 is 21.7 Å². The second-order valence-corrected chi connectivity index (χ2v) is 1.82. The first kappa shape index (κ1) is 4.96. The third-order valence-electron chi connectivity index (χ3n) is 0.272. The Morgan fingerprint density at radius 1 is 1.20 bits per heavy atom. The molecule has 1 heteroatoms. The first-order chi connectivity index (χ1) is 2.41. The molecule has 0 nitrogen and oxygen atoms in total. The normalized spacial score (nSPS) is 6.00. The highest BCUT2D eigenvalue weighted by atomic mass is 32.1. The lowest BCUT2D eigenvalue weighted by Crippen LogP contribution is -1.41. The van der Waals surface area contributed by atoms with Gasteiger partial charge in [-0.1, -0.05) is 0 Å². The molecule has 0 aliphatic rings. The molecule has 0 aliphatic heterocycles. The van der Waals surface area contributed by atoms with E-state index in [-0.39, 0.29) is 0 Å². The van der Waals surface area contributed by atoms with Gasteiger partial charge in [-0.3, -0.25) is 0 Å². The molecule has 0 aromatic carbocycles. The van der Waals surface area contributed by atoms with E-state index < -0.39 is 0 Å². The molecule has 30 valence electrons. The molecule has 0 atom stereocenters. The highest BCUT2D eigenvalue weighted by Crippen LogP contribution is 1.55. The van der Waals surface area contributed by atoms with Crippen molar-refractivity contribution in [2.45, 2.75) is 13.8 Å². The van der Waals surface area contributed by atoms with Crippen LogP contribution in [0.2, 0.25) is 0 Å². The number of rotatable bonds is 0. The molecule has 0 saturated carbocycles. The van der Waals surface area contributed by atoms with Crippen molar-refractivity contribution in [3.05, 3.63) is 0 Å². The van der Waals surface area contributed by atoms with Crippen molar-refractivity contribution < 1.29 is 0 Å². The van der Waals surface area contributed by atoms with E-state index in [0.29, 0.717) is 0 Å². The van der Waals surface area contributed by atoms with E-state index in [2.05, 4.69) is 0 Å². The Balaban J connectivity index is 3.26. The molecule has 0 aromatic rings. The van der Waals surface area contributed by atoms with Crippen LogP contribution in [0.25, 0.3) is 0 Å². The molecule has 0 aromatic heterocycles. The molecule has 0 spiro atoms. The summed E-state index contributed by atoms with van der Waals surface area (Å²) in [4.78, 5) is 0. The van der Waals surface area contributed by atoms with Gasteiger partial charge in [-0.2, -0.15) is 10.9 Å². The van der Waals surface area contributed by atoms with Crippen LogP contribution in [0.15, 0.2) is 0 Å². The maximum atomic E-state index is 2.04. The highest BCUT2D eigenvalue weighted by Gasteiger charge is 1.35. The van der Waals surface area contributed by atoms with Crippen LogP contribution < -0.4 is 0 Å². The van der Waals surface area contributed by atoms with Gasteiger partial charge in [-0.15, -0.1) is 0 Å². The van der Waals surface area contributed by atoms with Crippen LogP contribution in [0.1, 0.15) is 13.8 Å². The van der Waals surface area contributed by atoms with Crippen molar-refractivity contribution in [1.29, 1.82) is 0 Å². The minimum Gasteiger partial charge on any atom is -0.162 e. The number of hydrogen-bond donors (Lipinski definition) is 0. The van der Waals surface area contributed by atoms with E-state index >= 15 is 0 Å². The topological polar surface area (TPSA) is 0 Å². The zero-order valence-corrected chi connectivity index (χ0v) is 4.38. The van der Waals surface area contributed by atoms with Crippen molar-refractivity contribution in [2.24, 2.45) is 0 Å². The predicted molar refractivity (Wildman–Crippen MR) is 31.1 cm³/mol. The fourth-order valence-electron chi connectivity index (χ4n) is 0.136. The monoisotopic (exact) mass is 88.0 g/mol. The minimum atomic E-state index is 1.71. The van der Waals surface area contributed by atoms with Gasteiger partial charge in [0, 0.05) is 0 Å². The van der Waals surface area contributed by atoms with E-state index in [1.165, 1.54) is 0 Å². The van der Waals surface area contributed by atoms with Gasteiger partial charge in [0.05, 0.1) is 0 Å². The van der Waals surface area contributed by atoms with E-state index in [1.54, 1.807) is 10.9 Å². The summed E-state index contributed by atoms with van der Waals surface area (Å²) in [7, 11) is 1.71. The van der Waals surface area contributed by atoms with Crippen molar-refractivity contribution in [1.82, 2.24) is 0 Å². The summed E-state index contributed by atoms with van der Waals surface area (Å²) in [5.74, 6) is 0. The summed E-state index contributed by atoms with van der Waals surface area (Å²) in [5, 5.41) is 4.08. The average molecular weight is 88.2 g/mol. The van der Waals surface area contributed by atoms with E-state index in [1.807, 2.05) is 24.6 Å². The Bertz CT molecular complexity index is 52.0. The van der Waals surface area contributed by atoms with Crippen LogP contribution in [0.5, 0.6) is 0 Å². The van der Waals surface area contributed by atoms with Crippen LogP contribution in [-0.2, 0) is 0 Å². The van der Waals surface area contributed by atoms with Crippen LogP contribution in [-0.4, -0.2) is 10.7 Å². The first-order valence-corrected chi connectivity index (χ1v) is 2.57. The molecule has 0 saturated heterocycles. The fraction of sp³-hybridized carbons (Fsp3) is 0.500. The molecular weight excluding hydrogens is 80.1 g/mol. The van der Waals surface area contributed by atoms with Crippen LogP contribution in [0.4, 0.5) is 0 Å². The third kappa shape index (κ3) is 3.96. The van der Waals surface area contributed by atoms with Crippen molar-refractivity contribution in [3.8, 4) is 0 Å². The molecule has 0 bridgehead atoms. The van der Waals surface area contributed by atoms with Gasteiger partial charge in [0.2, 0.25) is 0 Å². The molecule has 0 radical (unpaired) electrons. The standard InChI is InChI=1S/C4H8S/c1-3-5-4-2/h3-4H,1-2H3. The van der Waals surface area contributed by atoms with Crippen LogP contribution in [0, 0.1) is 0 Å². The second kappa shape index (κ2) is 3.96. The summed E-state index contributed by atoms with van der Waals surface area (Å²) in [6, 6.07) is 0. The lowest BCUT2D eigenvalue weighted by atomic mass is 11.0. The van der Waals surface area contributed by atoms with E-state index in [9.17, 15) is 0 Å². The van der Waals surface area contributed by atoms with Crippen molar-refractivity contribution in [2.75, 3.05) is 0 Å². The quantitative estimate of drug-likeness (QED) is 0.392. The molecule has 0 fully saturated rings. The fourth-order valence-corrected chi connectivity index (χ4v) is 0.408. The molecule has 5 heavy (non-hydrogen) atoms. The Labute approximate surface area is 36.4 Å². The van der Waals surface area contributed by atoms with Gasteiger partial charge in [-0.25, -0.2) is 0 Å². The lowest BCUT2D eigenvalue weighted by Gasteiger charge is -1.48. The summed E-state index contributed by atoms with van der Waals surface area (Å²) in [6.07, 6.45) is 0. The summed E-state index contributed by atoms with van der Waals surface area (Å²) in [6.45, 7) is 4.04. The van der Waals surface area contributed by atoms with Gasteiger partial charge >= 0.3 is 0 Å². The molecule has 0 amide bonds. The largest absolute Gasteiger partial charge is 0.162 e. The maximum Gasteiger partial charge on any atom is -0.0352 e. The van der Waals surface area contributed by atoms with Gasteiger partial charge in [0.25, 0.3) is 0 Å². The lowest BCUT2D eigenvalue weighted by molar-refractivity contribution is 2.13. The van der Waals surface area contributed by atoms with Gasteiger partial charge in [0.15, 0.2) is 0 Å². The number of hydrogen-bond acceptors (Lipinski definition) is 0. The summed E-state index contributed by atoms with van der Waals surface area (Å²) in [5.41, 5.74) is 0. The Morgan fingerprint density at radius 3 is 1.60 bits per heavy atom. The summed E-state index contributed by atoms with van der Waals surface area (Å²) >= 11 is 0. The second-order valence-electron chi connectivity index (χ2n) is 0.607. The van der Waals surface area contributed by atoms with Gasteiger partial charge < -0.3 is 0 Å². The summed E-state index contributed by atoms with van der Waals surface area (Å²) < 4.78 is 0. The molecule has 0 aliphatic carbocycles. The maximum absolute atomic E-state index is 2.04. The zero-order chi connectivity index (χ0) is 4.12. The van der Waals surface area contributed by atoms with Crippen molar-refractivity contribution in [3.63, 3.8) is 0 Å². The first-order valence-electron chi connectivity index (χ1n) is 1.63. The molecular formula is C4H8S. The molecule has 0 rings (SSSR count). The van der Waals surface area contributed by atoms with E-state index in [4.69, 9.17) is 0 Å². The van der Waals surface area contributed by atoms with E-state index in [0.717, 1.165) is 0 Å². The van der Waals surface area contributed by atoms with Crippen LogP contribution in [0.3, 0.4) is 0 Å². The van der Waals surface area contributed by atoms with Gasteiger partial charge in [0.1, 0.15) is 0 Å². The SMILES string of the molecule is CC=S=CC.